The summed E-state index contributed by atoms with van der Waals surface area (Å²) < 4.78 is 2.14. The van der Waals surface area contributed by atoms with Crippen LogP contribution < -0.4 is 0 Å². The maximum absolute atomic E-state index is 5.41. The van der Waals surface area contributed by atoms with E-state index in [1.807, 2.05) is 12.3 Å². The summed E-state index contributed by atoms with van der Waals surface area (Å²) in [4.78, 5) is 10.1. The smallest absolute Gasteiger partial charge is 0.101 e. The van der Waals surface area contributed by atoms with E-state index in [4.69, 9.17) is 15.1 Å². The minimum Gasteiger partial charge on any atom is -0.254 e. The molecule has 274 valence electrons. The van der Waals surface area contributed by atoms with Crippen LogP contribution in [0.5, 0.6) is 0 Å². The van der Waals surface area contributed by atoms with Gasteiger partial charge in [0.1, 0.15) is 5.69 Å². The molecule has 9 aromatic carbocycles. The lowest BCUT2D eigenvalue weighted by molar-refractivity contribution is 0.918. The Kier molecular flexibility index (Phi) is 7.50. The van der Waals surface area contributed by atoms with Crippen molar-refractivity contribution in [1.29, 1.82) is 0 Å². The summed E-state index contributed by atoms with van der Waals surface area (Å²) in [7, 11) is 0. The molecule has 0 aliphatic rings. The number of para-hydroxylation sites is 1. The van der Waals surface area contributed by atoms with Gasteiger partial charge in [0, 0.05) is 38.9 Å². The Balaban J connectivity index is 1.15. The van der Waals surface area contributed by atoms with Crippen LogP contribution in [0.15, 0.2) is 206 Å². The lowest BCUT2D eigenvalue weighted by atomic mass is 9.86. The summed E-state index contributed by atoms with van der Waals surface area (Å²) in [5.74, 6) is 0. The van der Waals surface area contributed by atoms with Crippen LogP contribution in [-0.4, -0.2) is 19.7 Å². The molecular formula is C55H34N4. The molecule has 0 aliphatic carbocycles. The molecule has 4 nitrogen and oxygen atoms in total. The Morgan fingerprint density at radius 1 is 0.390 bits per heavy atom. The second-order valence-corrected chi connectivity index (χ2v) is 15.2. The Morgan fingerprint density at radius 3 is 1.68 bits per heavy atom. The van der Waals surface area contributed by atoms with E-state index in [2.05, 4.69) is 199 Å². The SMILES string of the molecule is c1ccc(-c2cc3cc(-c4c5ccccc5c(-c5ccc6ccc7cccnc7c6n5)c5ccccc45)ccc3c3c2c(-c2ccccc2)nn3-c2ccccc2)cc1. The zero-order chi connectivity index (χ0) is 38.9. The molecule has 0 radical (unpaired) electrons. The quantitative estimate of drug-likeness (QED) is 0.130. The highest BCUT2D eigenvalue weighted by Gasteiger charge is 2.23. The fraction of sp³-hybridized carbons (Fsp3) is 0. The zero-order valence-electron chi connectivity index (χ0n) is 31.9. The van der Waals surface area contributed by atoms with Crippen molar-refractivity contribution in [3.05, 3.63) is 206 Å². The van der Waals surface area contributed by atoms with Crippen LogP contribution in [0.1, 0.15) is 0 Å². The molecule has 0 bridgehead atoms. The summed E-state index contributed by atoms with van der Waals surface area (Å²) in [6.45, 7) is 0. The minimum absolute atomic E-state index is 0.915. The molecule has 3 aromatic heterocycles. The molecule has 0 saturated carbocycles. The van der Waals surface area contributed by atoms with Gasteiger partial charge < -0.3 is 0 Å². The van der Waals surface area contributed by atoms with E-state index in [1.165, 1.54) is 16.3 Å². The van der Waals surface area contributed by atoms with Crippen LogP contribution in [0, 0.1) is 0 Å². The van der Waals surface area contributed by atoms with E-state index in [1.54, 1.807) is 0 Å². The fourth-order valence-corrected chi connectivity index (χ4v) is 9.18. The molecule has 0 atom stereocenters. The molecule has 0 aliphatic heterocycles. The van der Waals surface area contributed by atoms with Crippen molar-refractivity contribution in [1.82, 2.24) is 19.7 Å². The number of benzene rings is 9. The molecule has 12 rings (SSSR count). The summed E-state index contributed by atoms with van der Waals surface area (Å²) in [6.07, 6.45) is 1.85. The van der Waals surface area contributed by atoms with Crippen molar-refractivity contribution >= 4 is 65.0 Å². The molecule has 59 heavy (non-hydrogen) atoms. The van der Waals surface area contributed by atoms with Crippen molar-refractivity contribution in [2.75, 3.05) is 0 Å². The Labute approximate surface area is 340 Å². The van der Waals surface area contributed by atoms with Gasteiger partial charge in [-0.25, -0.2) is 9.67 Å². The predicted octanol–water partition coefficient (Wildman–Crippen LogP) is 14.2. The zero-order valence-corrected chi connectivity index (χ0v) is 31.9. The van der Waals surface area contributed by atoms with Gasteiger partial charge in [-0.3, -0.25) is 4.98 Å². The van der Waals surface area contributed by atoms with Crippen molar-refractivity contribution in [3.8, 4) is 50.5 Å². The predicted molar refractivity (Wildman–Crippen MR) is 246 cm³/mol. The number of hydrogen-bond acceptors (Lipinski definition) is 3. The van der Waals surface area contributed by atoms with Gasteiger partial charge in [0.05, 0.1) is 27.9 Å². The van der Waals surface area contributed by atoms with E-state index in [-0.39, 0.29) is 0 Å². The lowest BCUT2D eigenvalue weighted by Crippen LogP contribution is -1.97. The first-order valence-corrected chi connectivity index (χ1v) is 20.0. The van der Waals surface area contributed by atoms with Gasteiger partial charge in [0.15, 0.2) is 0 Å². The van der Waals surface area contributed by atoms with Crippen LogP contribution >= 0.6 is 0 Å². The van der Waals surface area contributed by atoms with Crippen molar-refractivity contribution in [2.24, 2.45) is 0 Å². The van der Waals surface area contributed by atoms with Crippen molar-refractivity contribution in [3.63, 3.8) is 0 Å². The van der Waals surface area contributed by atoms with Crippen LogP contribution in [0.25, 0.3) is 115 Å². The Hall–Kier alpha value is -7.95. The van der Waals surface area contributed by atoms with Crippen LogP contribution in [0.2, 0.25) is 0 Å². The van der Waals surface area contributed by atoms with E-state index in [0.29, 0.717) is 0 Å². The van der Waals surface area contributed by atoms with Crippen molar-refractivity contribution < 1.29 is 0 Å². The molecule has 4 heteroatoms. The number of aromatic nitrogens is 4. The molecule has 0 amide bonds. The van der Waals surface area contributed by atoms with E-state index in [9.17, 15) is 0 Å². The number of fused-ring (bicyclic) bond motifs is 8. The monoisotopic (exact) mass is 750 g/mol. The first kappa shape index (κ1) is 33.2. The highest BCUT2D eigenvalue weighted by Crippen LogP contribution is 2.46. The van der Waals surface area contributed by atoms with Crippen LogP contribution in [0.3, 0.4) is 0 Å². The highest BCUT2D eigenvalue weighted by atomic mass is 15.3. The van der Waals surface area contributed by atoms with Gasteiger partial charge in [0.25, 0.3) is 0 Å². The Morgan fingerprint density at radius 2 is 0.983 bits per heavy atom. The van der Waals surface area contributed by atoms with Gasteiger partial charge in [-0.15, -0.1) is 0 Å². The van der Waals surface area contributed by atoms with Crippen LogP contribution in [-0.2, 0) is 0 Å². The normalized spacial score (nSPS) is 11.7. The number of rotatable bonds is 5. The largest absolute Gasteiger partial charge is 0.254 e. The number of pyridine rings is 2. The summed E-state index contributed by atoms with van der Waals surface area (Å²) in [5.41, 5.74) is 12.7. The standard InChI is InChI=1S/C55H34N4/c1-4-15-35(16-5-1)47-34-40-33-39(28-30-42(40)55-51(47)52(36-17-6-2-7-18-36)58-59(55)41-20-8-3-9-21-41)49-43-22-10-12-24-45(43)50(46-25-13-11-23-44(46)49)48-31-29-38-27-26-37-19-14-32-56-53(37)54(38)57-48/h1-34H. The summed E-state index contributed by atoms with van der Waals surface area (Å²) in [6, 6.07) is 71.4. The van der Waals surface area contributed by atoms with Gasteiger partial charge in [-0.1, -0.05) is 164 Å². The molecule has 3 heterocycles. The van der Waals surface area contributed by atoms with E-state index >= 15 is 0 Å². The third kappa shape index (κ3) is 5.27. The Bertz CT molecular complexity index is 3540. The average molecular weight is 751 g/mol. The minimum atomic E-state index is 0.915. The van der Waals surface area contributed by atoms with Crippen LogP contribution in [0.4, 0.5) is 0 Å². The maximum Gasteiger partial charge on any atom is 0.101 e. The van der Waals surface area contributed by atoms with E-state index < -0.39 is 0 Å². The summed E-state index contributed by atoms with van der Waals surface area (Å²) >= 11 is 0. The number of nitrogens with zero attached hydrogens (tertiary/aromatic N) is 4. The fourth-order valence-electron chi connectivity index (χ4n) is 9.18. The molecule has 0 fully saturated rings. The number of hydrogen-bond donors (Lipinski definition) is 0. The molecular weight excluding hydrogens is 717 g/mol. The highest BCUT2D eigenvalue weighted by molar-refractivity contribution is 6.23. The first-order valence-electron chi connectivity index (χ1n) is 20.0. The van der Waals surface area contributed by atoms with Crippen molar-refractivity contribution in [2.45, 2.75) is 0 Å². The van der Waals surface area contributed by atoms with Gasteiger partial charge in [-0.2, -0.15) is 5.10 Å². The molecule has 0 unspecified atom stereocenters. The molecule has 0 N–H and O–H groups in total. The maximum atomic E-state index is 5.41. The second-order valence-electron chi connectivity index (χ2n) is 15.2. The first-order chi connectivity index (χ1) is 29.3. The third-order valence-corrected chi connectivity index (χ3v) is 11.8. The topological polar surface area (TPSA) is 43.6 Å². The van der Waals surface area contributed by atoms with Gasteiger partial charge >= 0.3 is 0 Å². The average Bonchev–Trinajstić information content (AvgIpc) is 3.72. The lowest BCUT2D eigenvalue weighted by Gasteiger charge is -2.18. The van der Waals surface area contributed by atoms with Gasteiger partial charge in [0.2, 0.25) is 0 Å². The second kappa shape index (κ2) is 13.3. The van der Waals surface area contributed by atoms with E-state index in [0.717, 1.165) is 99.1 Å². The molecule has 0 spiro atoms. The van der Waals surface area contributed by atoms with Gasteiger partial charge in [-0.05, 0) is 85.6 Å². The summed E-state index contributed by atoms with van der Waals surface area (Å²) in [5, 5.41) is 15.7. The third-order valence-electron chi connectivity index (χ3n) is 11.8. The molecule has 0 saturated heterocycles. The molecule has 12 aromatic rings.